The average Bonchev–Trinajstić information content (AvgIpc) is 3.14. The van der Waals surface area contributed by atoms with Crippen molar-refractivity contribution in [2.24, 2.45) is 5.92 Å². The van der Waals surface area contributed by atoms with Gasteiger partial charge >= 0.3 is 0 Å². The number of anilines is 1. The number of rotatable bonds is 3. The zero-order valence-electron chi connectivity index (χ0n) is 12.4. The van der Waals surface area contributed by atoms with Crippen LogP contribution in [0.5, 0.6) is 0 Å². The fraction of sp³-hybridized carbons (Fsp3) is 0.312. The van der Waals surface area contributed by atoms with Gasteiger partial charge in [-0.25, -0.2) is 4.68 Å². The molecule has 0 spiro atoms. The van der Waals surface area contributed by atoms with Gasteiger partial charge in [-0.15, -0.1) is 0 Å². The smallest absolute Gasteiger partial charge is 0.219 e. The van der Waals surface area contributed by atoms with Gasteiger partial charge in [0.05, 0.1) is 17.4 Å². The number of amides is 1. The molecule has 0 aliphatic carbocycles. The summed E-state index contributed by atoms with van der Waals surface area (Å²) in [6.45, 7) is 2.61. The van der Waals surface area contributed by atoms with E-state index >= 15 is 0 Å². The van der Waals surface area contributed by atoms with Crippen molar-refractivity contribution in [1.29, 1.82) is 0 Å². The predicted octanol–water partition coefficient (Wildman–Crippen LogP) is 1.51. The molecule has 1 aliphatic heterocycles. The van der Waals surface area contributed by atoms with E-state index in [0.29, 0.717) is 30.9 Å². The van der Waals surface area contributed by atoms with Crippen LogP contribution in [0.2, 0.25) is 0 Å². The van der Waals surface area contributed by atoms with E-state index in [1.165, 1.54) is 13.1 Å². The minimum absolute atomic E-state index is 0.00301. The molecule has 2 aromatic rings. The second kappa shape index (κ2) is 5.63. The highest BCUT2D eigenvalue weighted by Gasteiger charge is 2.32. The van der Waals surface area contributed by atoms with Crippen molar-refractivity contribution >= 4 is 17.5 Å². The van der Waals surface area contributed by atoms with Gasteiger partial charge in [-0.1, -0.05) is 18.2 Å². The number of benzene rings is 1. The van der Waals surface area contributed by atoms with E-state index < -0.39 is 0 Å². The van der Waals surface area contributed by atoms with Crippen LogP contribution in [0.4, 0.5) is 5.82 Å². The van der Waals surface area contributed by atoms with Crippen LogP contribution in [0.3, 0.4) is 0 Å². The van der Waals surface area contributed by atoms with Crippen molar-refractivity contribution in [2.45, 2.75) is 13.3 Å². The number of nitrogens with two attached hydrogens (primary N) is 1. The highest BCUT2D eigenvalue weighted by molar-refractivity contribution is 6.02. The van der Waals surface area contributed by atoms with E-state index in [1.54, 1.807) is 9.58 Å². The Labute approximate surface area is 128 Å². The molecule has 6 nitrogen and oxygen atoms in total. The fourth-order valence-electron chi connectivity index (χ4n) is 2.80. The first-order valence-corrected chi connectivity index (χ1v) is 7.26. The van der Waals surface area contributed by atoms with Crippen LogP contribution in [-0.2, 0) is 4.79 Å². The third kappa shape index (κ3) is 2.47. The van der Waals surface area contributed by atoms with Crippen LogP contribution in [0.25, 0.3) is 5.69 Å². The van der Waals surface area contributed by atoms with Gasteiger partial charge in [0.25, 0.3) is 0 Å². The summed E-state index contributed by atoms with van der Waals surface area (Å²) >= 11 is 0. The van der Waals surface area contributed by atoms with Crippen molar-refractivity contribution in [1.82, 2.24) is 14.7 Å². The second-order valence-electron chi connectivity index (χ2n) is 5.51. The standard InChI is InChI=1S/C16H18N4O2/c1-11(21)19-8-7-12(10-19)15(22)14-9-18-20(16(14)17)13-5-3-2-4-6-13/h2-6,9,12H,7-8,10,17H2,1H3/t12-/m0/s1. The molecule has 114 valence electrons. The second-order valence-corrected chi connectivity index (χ2v) is 5.51. The van der Waals surface area contributed by atoms with Crippen molar-refractivity contribution < 1.29 is 9.59 Å². The maximum absolute atomic E-state index is 12.6. The molecule has 2 N–H and O–H groups in total. The molecule has 1 aromatic heterocycles. The van der Waals surface area contributed by atoms with Gasteiger partial charge in [0, 0.05) is 25.9 Å². The van der Waals surface area contributed by atoms with Gasteiger partial charge in [-0.3, -0.25) is 9.59 Å². The number of nitrogen functional groups attached to an aromatic ring is 1. The van der Waals surface area contributed by atoms with Crippen LogP contribution >= 0.6 is 0 Å². The van der Waals surface area contributed by atoms with Crippen molar-refractivity contribution in [3.63, 3.8) is 0 Å². The first-order valence-electron chi connectivity index (χ1n) is 7.26. The molecule has 2 heterocycles. The molecule has 1 atom stereocenters. The molecule has 0 unspecified atom stereocenters. The maximum atomic E-state index is 12.6. The Kier molecular flexibility index (Phi) is 3.66. The molecule has 0 bridgehead atoms. The summed E-state index contributed by atoms with van der Waals surface area (Å²) in [5.74, 6) is 0.115. The molecular formula is C16H18N4O2. The number of carbonyl (C=O) groups excluding carboxylic acids is 2. The lowest BCUT2D eigenvalue weighted by atomic mass is 9.98. The largest absolute Gasteiger partial charge is 0.383 e. The number of ketones is 1. The Morgan fingerprint density at radius 3 is 2.64 bits per heavy atom. The summed E-state index contributed by atoms with van der Waals surface area (Å²) in [7, 11) is 0. The Morgan fingerprint density at radius 1 is 1.27 bits per heavy atom. The van der Waals surface area contributed by atoms with E-state index in [2.05, 4.69) is 5.10 Å². The molecular weight excluding hydrogens is 280 g/mol. The molecule has 22 heavy (non-hydrogen) atoms. The third-order valence-corrected chi connectivity index (χ3v) is 4.08. The quantitative estimate of drug-likeness (QED) is 0.871. The zero-order valence-corrected chi connectivity index (χ0v) is 12.4. The van der Waals surface area contributed by atoms with Crippen molar-refractivity contribution in [3.8, 4) is 5.69 Å². The maximum Gasteiger partial charge on any atom is 0.219 e. The number of hydrogen-bond donors (Lipinski definition) is 1. The third-order valence-electron chi connectivity index (χ3n) is 4.08. The van der Waals surface area contributed by atoms with E-state index in [9.17, 15) is 9.59 Å². The van der Waals surface area contributed by atoms with E-state index in [4.69, 9.17) is 5.73 Å². The lowest BCUT2D eigenvalue weighted by molar-refractivity contribution is -0.127. The lowest BCUT2D eigenvalue weighted by Gasteiger charge is -2.13. The predicted molar refractivity (Wildman–Crippen MR) is 82.7 cm³/mol. The molecule has 1 aliphatic rings. The van der Waals surface area contributed by atoms with E-state index in [-0.39, 0.29) is 17.6 Å². The molecule has 6 heteroatoms. The Bertz CT molecular complexity index is 708. The van der Waals surface area contributed by atoms with Crippen LogP contribution in [0, 0.1) is 5.92 Å². The molecule has 1 aromatic carbocycles. The first-order chi connectivity index (χ1) is 10.6. The van der Waals surface area contributed by atoms with Crippen LogP contribution in [0.1, 0.15) is 23.7 Å². The highest BCUT2D eigenvalue weighted by atomic mass is 16.2. The van der Waals surface area contributed by atoms with Gasteiger partial charge in [0.2, 0.25) is 5.91 Å². The average molecular weight is 298 g/mol. The number of nitrogens with zero attached hydrogens (tertiary/aromatic N) is 3. The summed E-state index contributed by atoms with van der Waals surface area (Å²) in [5.41, 5.74) is 7.34. The van der Waals surface area contributed by atoms with Crippen molar-refractivity contribution in [3.05, 3.63) is 42.1 Å². The SMILES string of the molecule is CC(=O)N1CC[C@H](C(=O)c2cnn(-c3ccccc3)c2N)C1. The summed E-state index contributed by atoms with van der Waals surface area (Å²) in [6, 6.07) is 9.44. The van der Waals surface area contributed by atoms with E-state index in [0.717, 1.165) is 5.69 Å². The van der Waals surface area contributed by atoms with Crippen LogP contribution in [-0.4, -0.2) is 39.5 Å². The van der Waals surface area contributed by atoms with Gasteiger partial charge < -0.3 is 10.6 Å². The van der Waals surface area contributed by atoms with Gasteiger partial charge in [-0.05, 0) is 18.6 Å². The van der Waals surface area contributed by atoms with Gasteiger partial charge in [0.15, 0.2) is 5.78 Å². The first kappa shape index (κ1) is 14.3. The number of para-hydroxylation sites is 1. The van der Waals surface area contributed by atoms with Crippen molar-refractivity contribution in [2.75, 3.05) is 18.8 Å². The van der Waals surface area contributed by atoms with Gasteiger partial charge in [0.1, 0.15) is 5.82 Å². The van der Waals surface area contributed by atoms with Crippen LogP contribution in [0.15, 0.2) is 36.5 Å². The fourth-order valence-corrected chi connectivity index (χ4v) is 2.80. The molecule has 1 fully saturated rings. The topological polar surface area (TPSA) is 81.2 Å². The zero-order chi connectivity index (χ0) is 15.7. The van der Waals surface area contributed by atoms with E-state index in [1.807, 2.05) is 30.3 Å². The minimum atomic E-state index is -0.195. The number of likely N-dealkylation sites (tertiary alicyclic amines) is 1. The molecule has 0 saturated carbocycles. The molecule has 0 radical (unpaired) electrons. The Hall–Kier alpha value is -2.63. The Morgan fingerprint density at radius 2 is 2.00 bits per heavy atom. The number of carbonyl (C=O) groups is 2. The molecule has 1 saturated heterocycles. The highest BCUT2D eigenvalue weighted by Crippen LogP contribution is 2.25. The lowest BCUT2D eigenvalue weighted by Crippen LogP contribution is -2.27. The number of aromatic nitrogens is 2. The summed E-state index contributed by atoms with van der Waals surface area (Å²) in [6.07, 6.45) is 2.19. The monoisotopic (exact) mass is 298 g/mol. The summed E-state index contributed by atoms with van der Waals surface area (Å²) in [4.78, 5) is 25.7. The molecule has 3 rings (SSSR count). The van der Waals surface area contributed by atoms with Crippen LogP contribution < -0.4 is 5.73 Å². The summed E-state index contributed by atoms with van der Waals surface area (Å²) < 4.78 is 1.56. The molecule has 1 amide bonds. The number of Topliss-reactive ketones (excluding diaryl/α,β-unsaturated/α-hetero) is 1. The normalized spacial score (nSPS) is 17.7. The Balaban J connectivity index is 1.83. The summed E-state index contributed by atoms with van der Waals surface area (Å²) in [5, 5.41) is 4.22. The number of hydrogen-bond acceptors (Lipinski definition) is 4. The minimum Gasteiger partial charge on any atom is -0.383 e. The van der Waals surface area contributed by atoms with Gasteiger partial charge in [-0.2, -0.15) is 5.10 Å².